The second-order valence-corrected chi connectivity index (χ2v) is 9.80. The van der Waals surface area contributed by atoms with Crippen LogP contribution in [0.5, 0.6) is 5.75 Å². The highest BCUT2D eigenvalue weighted by molar-refractivity contribution is 7.17. The Labute approximate surface area is 193 Å². The van der Waals surface area contributed by atoms with Gasteiger partial charge in [0.1, 0.15) is 5.75 Å². The maximum absolute atomic E-state index is 6.32. The molecule has 164 valence electrons. The molecule has 2 aliphatic rings. The highest BCUT2D eigenvalue weighted by Crippen LogP contribution is 2.32. The first-order valence-electron chi connectivity index (χ1n) is 11.0. The number of hydrogen-bond acceptors (Lipinski definition) is 6. The molecule has 2 aromatic carbocycles. The molecule has 0 radical (unpaired) electrons. The van der Waals surface area contributed by atoms with Gasteiger partial charge in [-0.05, 0) is 60.8 Å². The molecule has 3 heterocycles. The van der Waals surface area contributed by atoms with Crippen molar-refractivity contribution in [3.63, 3.8) is 0 Å². The lowest BCUT2D eigenvalue weighted by Gasteiger charge is -2.36. The minimum atomic E-state index is 0.741. The number of piperazine rings is 1. The third-order valence-electron chi connectivity index (χ3n) is 6.19. The highest BCUT2D eigenvalue weighted by Gasteiger charge is 2.20. The third kappa shape index (κ3) is 4.62. The molecule has 0 atom stereocenters. The van der Waals surface area contributed by atoms with Crippen molar-refractivity contribution in [3.05, 3.63) is 53.4 Å². The van der Waals surface area contributed by atoms with Crippen molar-refractivity contribution in [1.29, 1.82) is 0 Å². The third-order valence-corrected chi connectivity index (χ3v) is 7.36. The van der Waals surface area contributed by atoms with Gasteiger partial charge in [-0.25, -0.2) is 0 Å². The summed E-state index contributed by atoms with van der Waals surface area (Å²) in [5.41, 5.74) is 3.69. The Kier molecular flexibility index (Phi) is 6.23. The van der Waals surface area contributed by atoms with Gasteiger partial charge in [0.05, 0.1) is 19.0 Å². The second kappa shape index (κ2) is 9.25. The fraction of sp³-hybridized carbons (Fsp3) is 0.417. The Morgan fingerprint density at radius 2 is 1.90 bits per heavy atom. The molecule has 5 rings (SSSR count). The highest BCUT2D eigenvalue weighted by atomic mass is 35.5. The molecule has 1 saturated heterocycles. The SMILES string of the molecule is CN1Cc2cc(OCCCN3CCN(c4cccc5sccc45)CC3)ccc2N(Cl)C1. The zero-order chi connectivity index (χ0) is 21.2. The standard InChI is InChI=1S/C24H29ClN4OS/c1-26-17-19-16-20(6-7-22(19)29(25)18-26)30-14-3-9-27-10-12-28(13-11-27)23-4-2-5-24-21(23)8-15-31-24/h2,4-8,15-16H,3,9-14,17-18H2,1H3. The molecule has 5 nitrogen and oxygen atoms in total. The molecule has 31 heavy (non-hydrogen) atoms. The molecule has 7 heteroatoms. The van der Waals surface area contributed by atoms with Crippen molar-refractivity contribution in [2.24, 2.45) is 0 Å². The van der Waals surface area contributed by atoms with E-state index in [1.165, 1.54) is 21.3 Å². The topological polar surface area (TPSA) is 22.2 Å². The van der Waals surface area contributed by atoms with Crippen molar-refractivity contribution >= 4 is 44.6 Å². The van der Waals surface area contributed by atoms with Crippen molar-refractivity contribution in [2.75, 3.05) is 62.4 Å². The van der Waals surface area contributed by atoms with Gasteiger partial charge < -0.3 is 9.64 Å². The molecular weight excluding hydrogens is 428 g/mol. The largest absolute Gasteiger partial charge is 0.494 e. The van der Waals surface area contributed by atoms with Crippen LogP contribution in [0, 0.1) is 0 Å². The van der Waals surface area contributed by atoms with Crippen molar-refractivity contribution in [3.8, 4) is 5.75 Å². The van der Waals surface area contributed by atoms with Crippen LogP contribution in [0.15, 0.2) is 47.8 Å². The summed E-state index contributed by atoms with van der Waals surface area (Å²) in [5, 5.41) is 3.58. The molecule has 2 aliphatic heterocycles. The number of hydrogen-bond donors (Lipinski definition) is 0. The lowest BCUT2D eigenvalue weighted by molar-refractivity contribution is 0.224. The van der Waals surface area contributed by atoms with Crippen LogP contribution in [-0.2, 0) is 6.54 Å². The van der Waals surface area contributed by atoms with Gasteiger partial charge in [-0.2, -0.15) is 0 Å². The van der Waals surface area contributed by atoms with E-state index in [0.717, 1.165) is 70.4 Å². The zero-order valence-corrected chi connectivity index (χ0v) is 19.5. The fourth-order valence-corrected chi connectivity index (χ4v) is 5.74. The summed E-state index contributed by atoms with van der Waals surface area (Å²) >= 11 is 8.14. The lowest BCUT2D eigenvalue weighted by Crippen LogP contribution is -2.46. The van der Waals surface area contributed by atoms with Crippen molar-refractivity contribution < 1.29 is 4.74 Å². The number of halogens is 1. The van der Waals surface area contributed by atoms with Gasteiger partial charge in [-0.1, -0.05) is 6.07 Å². The fourth-order valence-electron chi connectivity index (χ4n) is 4.59. The smallest absolute Gasteiger partial charge is 0.119 e. The predicted octanol–water partition coefficient (Wildman–Crippen LogP) is 4.86. The average Bonchev–Trinajstić information content (AvgIpc) is 3.26. The van der Waals surface area contributed by atoms with E-state index in [4.69, 9.17) is 16.5 Å². The second-order valence-electron chi connectivity index (χ2n) is 8.45. The number of nitrogens with zero attached hydrogens (tertiary/aromatic N) is 4. The van der Waals surface area contributed by atoms with Crippen molar-refractivity contribution in [2.45, 2.75) is 13.0 Å². The summed E-state index contributed by atoms with van der Waals surface area (Å²) in [7, 11) is 2.08. The first kappa shape index (κ1) is 20.9. The van der Waals surface area contributed by atoms with E-state index in [1.807, 2.05) is 17.4 Å². The van der Waals surface area contributed by atoms with Gasteiger partial charge in [0.15, 0.2) is 0 Å². The Hall–Kier alpha value is -1.99. The van der Waals surface area contributed by atoms with Crippen LogP contribution < -0.4 is 14.1 Å². The molecule has 0 N–H and O–H groups in total. The zero-order valence-electron chi connectivity index (χ0n) is 18.0. The first-order valence-corrected chi connectivity index (χ1v) is 12.2. The summed E-state index contributed by atoms with van der Waals surface area (Å²) in [6.07, 6.45) is 1.04. The minimum absolute atomic E-state index is 0.741. The number of fused-ring (bicyclic) bond motifs is 2. The molecule has 1 fully saturated rings. The van der Waals surface area contributed by atoms with E-state index < -0.39 is 0 Å². The molecule has 0 amide bonds. The summed E-state index contributed by atoms with van der Waals surface area (Å²) in [5.74, 6) is 0.938. The average molecular weight is 457 g/mol. The summed E-state index contributed by atoms with van der Waals surface area (Å²) in [6.45, 7) is 7.86. The number of ether oxygens (including phenoxy) is 1. The van der Waals surface area contributed by atoms with Gasteiger partial charge in [-0.3, -0.25) is 14.2 Å². The van der Waals surface area contributed by atoms with E-state index in [1.54, 1.807) is 4.42 Å². The number of benzene rings is 2. The van der Waals surface area contributed by atoms with E-state index in [-0.39, 0.29) is 0 Å². The van der Waals surface area contributed by atoms with E-state index in [9.17, 15) is 0 Å². The van der Waals surface area contributed by atoms with Crippen LogP contribution in [0.2, 0.25) is 0 Å². The normalized spacial score (nSPS) is 17.9. The molecule has 0 saturated carbocycles. The lowest BCUT2D eigenvalue weighted by atomic mass is 10.1. The summed E-state index contributed by atoms with van der Waals surface area (Å²) in [4.78, 5) is 7.28. The van der Waals surface area contributed by atoms with Crippen LogP contribution in [0.25, 0.3) is 10.1 Å². The molecule has 0 spiro atoms. The Morgan fingerprint density at radius 3 is 2.77 bits per heavy atom. The van der Waals surface area contributed by atoms with Crippen LogP contribution in [0.1, 0.15) is 12.0 Å². The number of thiophene rings is 1. The quantitative estimate of drug-likeness (QED) is 0.389. The van der Waals surface area contributed by atoms with Gasteiger partial charge in [0.2, 0.25) is 0 Å². The van der Waals surface area contributed by atoms with E-state index in [2.05, 4.69) is 63.5 Å². The van der Waals surface area contributed by atoms with Crippen LogP contribution >= 0.6 is 23.1 Å². The monoisotopic (exact) mass is 456 g/mol. The minimum Gasteiger partial charge on any atom is -0.494 e. The maximum atomic E-state index is 6.32. The first-order chi connectivity index (χ1) is 15.2. The number of anilines is 2. The van der Waals surface area contributed by atoms with Gasteiger partial charge in [0.25, 0.3) is 0 Å². The number of rotatable bonds is 6. The Balaban J connectivity index is 1.08. The molecule has 0 aliphatic carbocycles. The Morgan fingerprint density at radius 1 is 1.03 bits per heavy atom. The van der Waals surface area contributed by atoms with Crippen LogP contribution in [-0.4, -0.2) is 62.8 Å². The Bertz CT molecular complexity index is 1030. The van der Waals surface area contributed by atoms with Crippen molar-refractivity contribution in [1.82, 2.24) is 9.80 Å². The van der Waals surface area contributed by atoms with Gasteiger partial charge >= 0.3 is 0 Å². The van der Waals surface area contributed by atoms with Crippen LogP contribution in [0.4, 0.5) is 11.4 Å². The summed E-state index contributed by atoms with van der Waals surface area (Å²) in [6, 6.07) is 15.1. The van der Waals surface area contributed by atoms with Gasteiger partial charge in [0, 0.05) is 66.8 Å². The molecule has 3 aromatic rings. The van der Waals surface area contributed by atoms with Crippen LogP contribution in [0.3, 0.4) is 0 Å². The molecular formula is C24H29ClN4OS. The summed E-state index contributed by atoms with van der Waals surface area (Å²) < 4.78 is 9.19. The van der Waals surface area contributed by atoms with E-state index in [0.29, 0.717) is 0 Å². The molecule has 1 aromatic heterocycles. The molecule has 0 bridgehead atoms. The van der Waals surface area contributed by atoms with Gasteiger partial charge in [-0.15, -0.1) is 11.3 Å². The predicted molar refractivity (Wildman–Crippen MR) is 132 cm³/mol. The molecule has 0 unspecified atom stereocenters. The maximum Gasteiger partial charge on any atom is 0.119 e. The van der Waals surface area contributed by atoms with E-state index >= 15 is 0 Å².